The molecule has 0 saturated heterocycles. The summed E-state index contributed by atoms with van der Waals surface area (Å²) >= 11 is 6.51. The van der Waals surface area contributed by atoms with Crippen molar-refractivity contribution in [3.63, 3.8) is 0 Å². The van der Waals surface area contributed by atoms with Crippen molar-refractivity contribution in [3.05, 3.63) is 40.9 Å². The van der Waals surface area contributed by atoms with E-state index < -0.39 is 11.6 Å². The van der Waals surface area contributed by atoms with Crippen molar-refractivity contribution in [2.75, 3.05) is 20.2 Å². The molecule has 1 saturated carbocycles. The van der Waals surface area contributed by atoms with Crippen LogP contribution in [0.4, 0.5) is 8.78 Å². The smallest absolute Gasteiger partial charge is 0.253 e. The van der Waals surface area contributed by atoms with E-state index in [0.29, 0.717) is 18.1 Å². The number of nitrogens with one attached hydrogen (secondary N) is 1. The van der Waals surface area contributed by atoms with Gasteiger partial charge in [0.15, 0.2) is 0 Å². The van der Waals surface area contributed by atoms with Gasteiger partial charge in [-0.1, -0.05) is 37.3 Å². The van der Waals surface area contributed by atoms with Crippen LogP contribution in [0.1, 0.15) is 63.0 Å². The maximum atomic E-state index is 15.3. The summed E-state index contributed by atoms with van der Waals surface area (Å²) in [6, 6.07) is 2.43. The molecule has 0 unspecified atom stereocenters. The Kier molecular flexibility index (Phi) is 7.52. The topological polar surface area (TPSA) is 64.3 Å². The molecule has 0 atom stereocenters. The van der Waals surface area contributed by atoms with Crippen molar-refractivity contribution >= 4 is 17.4 Å². The molecule has 3 aromatic rings. The molecule has 1 fully saturated rings. The highest BCUT2D eigenvalue weighted by atomic mass is 35.5. The molecule has 0 spiro atoms. The van der Waals surface area contributed by atoms with E-state index in [1.807, 2.05) is 7.05 Å². The third-order valence-corrected chi connectivity index (χ3v) is 6.29. The van der Waals surface area contributed by atoms with E-state index in [-0.39, 0.29) is 27.9 Å². The second-order valence-corrected chi connectivity index (χ2v) is 8.60. The Labute approximate surface area is 191 Å². The summed E-state index contributed by atoms with van der Waals surface area (Å²) in [6.07, 6.45) is 9.29. The SMILES string of the molecule is CNCCCCOc1cc(F)c(-c2c(Cl)nc3ncnn3c2C2CCCCCC2)c(F)c1. The van der Waals surface area contributed by atoms with Gasteiger partial charge in [0, 0.05) is 23.6 Å². The largest absolute Gasteiger partial charge is 0.493 e. The minimum Gasteiger partial charge on any atom is -0.493 e. The fourth-order valence-corrected chi connectivity index (χ4v) is 4.73. The molecule has 0 amide bonds. The summed E-state index contributed by atoms with van der Waals surface area (Å²) in [5, 5.41) is 7.39. The van der Waals surface area contributed by atoms with Crippen molar-refractivity contribution < 1.29 is 13.5 Å². The van der Waals surface area contributed by atoms with Gasteiger partial charge in [0.1, 0.15) is 28.9 Å². The minimum absolute atomic E-state index is 0.0308. The summed E-state index contributed by atoms with van der Waals surface area (Å²) in [5.41, 5.74) is 0.742. The highest BCUT2D eigenvalue weighted by molar-refractivity contribution is 6.32. The van der Waals surface area contributed by atoms with Crippen LogP contribution in [0.5, 0.6) is 5.75 Å². The third-order valence-electron chi connectivity index (χ3n) is 6.02. The molecule has 32 heavy (non-hydrogen) atoms. The van der Waals surface area contributed by atoms with Crippen molar-refractivity contribution in [1.29, 1.82) is 0 Å². The average molecular weight is 464 g/mol. The van der Waals surface area contributed by atoms with E-state index in [9.17, 15) is 0 Å². The average Bonchev–Trinajstić information content (AvgIpc) is 3.05. The number of hydrogen-bond acceptors (Lipinski definition) is 5. The van der Waals surface area contributed by atoms with Crippen LogP contribution in [0.25, 0.3) is 16.9 Å². The quantitative estimate of drug-likeness (QED) is 0.270. The van der Waals surface area contributed by atoms with Gasteiger partial charge in [-0.15, -0.1) is 0 Å². The predicted octanol–water partition coefficient (Wildman–Crippen LogP) is 5.54. The lowest BCUT2D eigenvalue weighted by Crippen LogP contribution is -2.12. The minimum atomic E-state index is -0.728. The molecule has 6 nitrogen and oxygen atoms in total. The second kappa shape index (κ2) is 10.5. The van der Waals surface area contributed by atoms with Gasteiger partial charge in [-0.05, 0) is 39.3 Å². The van der Waals surface area contributed by atoms with Crippen molar-refractivity contribution in [2.24, 2.45) is 0 Å². The van der Waals surface area contributed by atoms with Crippen LogP contribution in [-0.4, -0.2) is 39.8 Å². The fraction of sp³-hybridized carbons (Fsp3) is 0.522. The van der Waals surface area contributed by atoms with Gasteiger partial charge >= 0.3 is 0 Å². The molecule has 9 heteroatoms. The van der Waals surface area contributed by atoms with Crippen molar-refractivity contribution in [2.45, 2.75) is 57.3 Å². The maximum absolute atomic E-state index is 15.3. The first-order valence-corrected chi connectivity index (χ1v) is 11.6. The van der Waals surface area contributed by atoms with E-state index in [4.69, 9.17) is 16.3 Å². The first-order chi connectivity index (χ1) is 15.6. The number of unbranched alkanes of at least 4 members (excludes halogenated alkanes) is 1. The third kappa shape index (κ3) is 4.86. The van der Waals surface area contributed by atoms with Gasteiger partial charge in [-0.2, -0.15) is 15.1 Å². The number of halogens is 3. The second-order valence-electron chi connectivity index (χ2n) is 8.24. The molecule has 2 aromatic heterocycles. The Bertz CT molecular complexity index is 1040. The molecule has 0 radical (unpaired) electrons. The molecular weight excluding hydrogens is 436 g/mol. The van der Waals surface area contributed by atoms with Gasteiger partial charge in [0.2, 0.25) is 0 Å². The van der Waals surface area contributed by atoms with Crippen LogP contribution in [0.15, 0.2) is 18.5 Å². The fourth-order valence-electron chi connectivity index (χ4n) is 4.46. The molecule has 0 bridgehead atoms. The van der Waals surface area contributed by atoms with Crippen LogP contribution in [0.3, 0.4) is 0 Å². The lowest BCUT2D eigenvalue weighted by atomic mass is 9.90. The van der Waals surface area contributed by atoms with E-state index in [1.165, 1.54) is 18.5 Å². The summed E-state index contributed by atoms with van der Waals surface area (Å²) in [6.45, 7) is 1.26. The molecule has 1 aliphatic rings. The standard InChI is InChI=1S/C23H28ClF2N5O/c1-27-10-6-7-11-32-16-12-17(25)19(18(26)13-16)20-21(15-8-4-2-3-5-9-15)31-23(28-14-29-31)30-22(20)24/h12-15,27H,2-11H2,1H3. The zero-order valence-electron chi connectivity index (χ0n) is 18.2. The predicted molar refractivity (Wildman–Crippen MR) is 120 cm³/mol. The normalized spacial score (nSPS) is 15.2. The first kappa shape index (κ1) is 22.9. The Morgan fingerprint density at radius 2 is 1.81 bits per heavy atom. The maximum Gasteiger partial charge on any atom is 0.253 e. The van der Waals surface area contributed by atoms with Gasteiger partial charge in [0.05, 0.1) is 17.9 Å². The van der Waals surface area contributed by atoms with E-state index >= 15 is 8.78 Å². The molecule has 2 heterocycles. The molecule has 1 N–H and O–H groups in total. The molecule has 0 aliphatic heterocycles. The summed E-state index contributed by atoms with van der Waals surface area (Å²) in [4.78, 5) is 8.41. The van der Waals surface area contributed by atoms with Gasteiger partial charge in [0.25, 0.3) is 5.78 Å². The van der Waals surface area contributed by atoms with Crippen LogP contribution in [-0.2, 0) is 0 Å². The Hall–Kier alpha value is -2.32. The Morgan fingerprint density at radius 3 is 2.50 bits per heavy atom. The Morgan fingerprint density at radius 1 is 1.09 bits per heavy atom. The number of fused-ring (bicyclic) bond motifs is 1. The van der Waals surface area contributed by atoms with Gasteiger partial charge in [-0.3, -0.25) is 0 Å². The van der Waals surface area contributed by atoms with Gasteiger partial charge < -0.3 is 10.1 Å². The van der Waals surface area contributed by atoms with Crippen LogP contribution in [0, 0.1) is 11.6 Å². The van der Waals surface area contributed by atoms with Crippen molar-refractivity contribution in [1.82, 2.24) is 24.9 Å². The van der Waals surface area contributed by atoms with E-state index in [2.05, 4.69) is 20.4 Å². The number of hydrogen-bond donors (Lipinski definition) is 1. The molecule has 1 aliphatic carbocycles. The number of ether oxygens (including phenoxy) is 1. The first-order valence-electron chi connectivity index (χ1n) is 11.3. The molecule has 1 aromatic carbocycles. The number of rotatable bonds is 8. The zero-order valence-corrected chi connectivity index (χ0v) is 19.0. The lowest BCUT2D eigenvalue weighted by molar-refractivity contribution is 0.303. The highest BCUT2D eigenvalue weighted by Gasteiger charge is 2.29. The molecule has 172 valence electrons. The van der Waals surface area contributed by atoms with Crippen LogP contribution in [0.2, 0.25) is 5.15 Å². The number of nitrogens with zero attached hydrogens (tertiary/aromatic N) is 4. The number of aromatic nitrogens is 4. The summed E-state index contributed by atoms with van der Waals surface area (Å²) < 4.78 is 37.8. The summed E-state index contributed by atoms with van der Waals surface area (Å²) in [5.74, 6) is -0.892. The Balaban J connectivity index is 1.74. The van der Waals surface area contributed by atoms with E-state index in [1.54, 1.807) is 4.52 Å². The molecular formula is C23H28ClF2N5O. The monoisotopic (exact) mass is 463 g/mol. The van der Waals surface area contributed by atoms with Gasteiger partial charge in [-0.25, -0.2) is 13.3 Å². The number of benzene rings is 1. The van der Waals surface area contributed by atoms with Crippen LogP contribution >= 0.6 is 11.6 Å². The van der Waals surface area contributed by atoms with Crippen LogP contribution < -0.4 is 10.1 Å². The lowest BCUT2D eigenvalue weighted by Gasteiger charge is -2.21. The summed E-state index contributed by atoms with van der Waals surface area (Å²) in [7, 11) is 1.88. The highest BCUT2D eigenvalue weighted by Crippen LogP contribution is 2.42. The molecule has 4 rings (SSSR count). The van der Waals surface area contributed by atoms with Crippen molar-refractivity contribution in [3.8, 4) is 16.9 Å². The zero-order chi connectivity index (χ0) is 22.5. The van der Waals surface area contributed by atoms with E-state index in [0.717, 1.165) is 57.9 Å².